The van der Waals surface area contributed by atoms with E-state index in [1.54, 1.807) is 7.05 Å². The summed E-state index contributed by atoms with van der Waals surface area (Å²) in [5, 5.41) is 2.80. The van der Waals surface area contributed by atoms with Gasteiger partial charge in [-0.25, -0.2) is 4.98 Å². The number of hydrogen-bond donors (Lipinski definition) is 1. The monoisotopic (exact) mass is 385 g/mol. The number of halogens is 6. The number of nitrogens with one attached hydrogen (secondary N) is 1. The molecular weight excluding hydrogens is 372 g/mol. The maximum absolute atomic E-state index is 13.0. The van der Waals surface area contributed by atoms with Crippen LogP contribution in [-0.2, 0) is 12.4 Å². The highest BCUT2D eigenvalue weighted by atomic mass is 19.4. The highest BCUT2D eigenvalue weighted by Crippen LogP contribution is 2.34. The SMILES string of the molecule is CNc1ccc(C(F)(F)F)cc1-n1cnc(-c2ccc(C(F)(F)F)cc2)c1. The van der Waals surface area contributed by atoms with Crippen LogP contribution in [0.4, 0.5) is 32.0 Å². The van der Waals surface area contributed by atoms with Crippen LogP contribution >= 0.6 is 0 Å². The molecule has 1 N–H and O–H groups in total. The fourth-order valence-corrected chi connectivity index (χ4v) is 2.57. The lowest BCUT2D eigenvalue weighted by molar-refractivity contribution is -0.138. The molecular formula is C18H13F6N3. The van der Waals surface area contributed by atoms with Gasteiger partial charge in [0.1, 0.15) is 0 Å². The smallest absolute Gasteiger partial charge is 0.386 e. The number of benzene rings is 2. The average molecular weight is 385 g/mol. The second-order valence-corrected chi connectivity index (χ2v) is 5.72. The predicted octanol–water partition coefficient (Wildman–Crippen LogP) is 5.62. The number of alkyl halides is 6. The molecule has 3 rings (SSSR count). The molecule has 2 aromatic carbocycles. The van der Waals surface area contributed by atoms with E-state index in [4.69, 9.17) is 0 Å². The number of hydrogen-bond acceptors (Lipinski definition) is 2. The summed E-state index contributed by atoms with van der Waals surface area (Å²) in [6.07, 6.45) is -6.18. The Kier molecular flexibility index (Phi) is 4.63. The Balaban J connectivity index is 1.98. The van der Waals surface area contributed by atoms with Crippen molar-refractivity contribution in [2.24, 2.45) is 0 Å². The Hall–Kier alpha value is -2.97. The number of imidazole rings is 1. The lowest BCUT2D eigenvalue weighted by atomic mass is 10.1. The van der Waals surface area contributed by atoms with E-state index in [1.165, 1.54) is 35.3 Å². The predicted molar refractivity (Wildman–Crippen MR) is 88.6 cm³/mol. The molecule has 0 unspecified atom stereocenters. The molecule has 1 aromatic heterocycles. The molecule has 3 nitrogen and oxygen atoms in total. The lowest BCUT2D eigenvalue weighted by Gasteiger charge is -2.13. The highest BCUT2D eigenvalue weighted by Gasteiger charge is 2.31. The standard InChI is InChI=1S/C18H13F6N3/c1-25-14-7-6-13(18(22,23)24)8-16(14)27-9-15(26-10-27)11-2-4-12(5-3-11)17(19,20)21/h2-10,25H,1H3. The first-order chi connectivity index (χ1) is 12.6. The Morgan fingerprint density at radius 1 is 0.852 bits per heavy atom. The van der Waals surface area contributed by atoms with Gasteiger partial charge in [-0.3, -0.25) is 0 Å². The van der Waals surface area contributed by atoms with Crippen molar-refractivity contribution in [3.05, 3.63) is 66.1 Å². The third-order valence-corrected chi connectivity index (χ3v) is 3.96. The topological polar surface area (TPSA) is 29.9 Å². The first-order valence-electron chi connectivity index (χ1n) is 7.70. The van der Waals surface area contributed by atoms with Crippen molar-refractivity contribution in [2.45, 2.75) is 12.4 Å². The van der Waals surface area contributed by atoms with E-state index >= 15 is 0 Å². The van der Waals surface area contributed by atoms with Gasteiger partial charge < -0.3 is 9.88 Å². The average Bonchev–Trinajstić information content (AvgIpc) is 3.09. The lowest BCUT2D eigenvalue weighted by Crippen LogP contribution is -2.07. The van der Waals surface area contributed by atoms with Crippen molar-refractivity contribution in [1.29, 1.82) is 0 Å². The maximum atomic E-state index is 13.0. The van der Waals surface area contributed by atoms with Gasteiger partial charge in [-0.1, -0.05) is 12.1 Å². The molecule has 0 amide bonds. The summed E-state index contributed by atoms with van der Waals surface area (Å²) in [5.74, 6) is 0. The fraction of sp³-hybridized carbons (Fsp3) is 0.167. The summed E-state index contributed by atoms with van der Waals surface area (Å²) in [5.41, 5.74) is -0.192. The van der Waals surface area contributed by atoms with Gasteiger partial charge in [0.2, 0.25) is 0 Å². The molecule has 142 valence electrons. The van der Waals surface area contributed by atoms with Gasteiger partial charge in [0.25, 0.3) is 0 Å². The van der Waals surface area contributed by atoms with Crippen molar-refractivity contribution >= 4 is 5.69 Å². The second-order valence-electron chi connectivity index (χ2n) is 5.72. The third-order valence-electron chi connectivity index (χ3n) is 3.96. The summed E-state index contributed by atoms with van der Waals surface area (Å²) >= 11 is 0. The molecule has 0 atom stereocenters. The minimum Gasteiger partial charge on any atom is -0.386 e. The first kappa shape index (κ1) is 18.8. The zero-order valence-electron chi connectivity index (χ0n) is 13.9. The zero-order valence-corrected chi connectivity index (χ0v) is 13.9. The number of anilines is 1. The van der Waals surface area contributed by atoms with Gasteiger partial charge in [-0.15, -0.1) is 0 Å². The number of aromatic nitrogens is 2. The summed E-state index contributed by atoms with van der Waals surface area (Å²) in [6, 6.07) is 7.62. The number of rotatable bonds is 3. The van der Waals surface area contributed by atoms with Crippen LogP contribution in [0.5, 0.6) is 0 Å². The van der Waals surface area contributed by atoms with Gasteiger partial charge >= 0.3 is 12.4 Å². The molecule has 3 aromatic rings. The fourth-order valence-electron chi connectivity index (χ4n) is 2.57. The molecule has 0 aliphatic rings. The van der Waals surface area contributed by atoms with Crippen molar-refractivity contribution < 1.29 is 26.3 Å². The van der Waals surface area contributed by atoms with Gasteiger partial charge in [0.05, 0.1) is 34.5 Å². The Morgan fingerprint density at radius 3 is 2.00 bits per heavy atom. The van der Waals surface area contributed by atoms with Crippen molar-refractivity contribution in [2.75, 3.05) is 12.4 Å². The molecule has 9 heteroatoms. The van der Waals surface area contributed by atoms with Crippen molar-refractivity contribution in [1.82, 2.24) is 9.55 Å². The molecule has 0 aliphatic heterocycles. The van der Waals surface area contributed by atoms with Crippen LogP contribution in [0.2, 0.25) is 0 Å². The molecule has 1 heterocycles. The summed E-state index contributed by atoms with van der Waals surface area (Å²) in [4.78, 5) is 4.09. The quantitative estimate of drug-likeness (QED) is 0.593. The van der Waals surface area contributed by atoms with Crippen LogP contribution in [0, 0.1) is 0 Å². The molecule has 0 spiro atoms. The van der Waals surface area contributed by atoms with E-state index in [1.807, 2.05) is 0 Å². The van der Waals surface area contributed by atoms with Crippen LogP contribution < -0.4 is 5.32 Å². The normalized spacial score (nSPS) is 12.3. The summed E-state index contributed by atoms with van der Waals surface area (Å²) in [7, 11) is 1.57. The molecule has 27 heavy (non-hydrogen) atoms. The van der Waals surface area contributed by atoms with Gasteiger partial charge in [-0.05, 0) is 30.3 Å². The van der Waals surface area contributed by atoms with E-state index in [2.05, 4.69) is 10.3 Å². The van der Waals surface area contributed by atoms with Crippen molar-refractivity contribution in [3.63, 3.8) is 0 Å². The van der Waals surface area contributed by atoms with Gasteiger partial charge in [0, 0.05) is 18.8 Å². The third kappa shape index (κ3) is 3.91. The van der Waals surface area contributed by atoms with Crippen LogP contribution in [0.15, 0.2) is 55.0 Å². The molecule has 0 fully saturated rings. The largest absolute Gasteiger partial charge is 0.416 e. The second kappa shape index (κ2) is 6.64. The molecule has 0 radical (unpaired) electrons. The van der Waals surface area contributed by atoms with E-state index in [0.29, 0.717) is 16.9 Å². The molecule has 0 aliphatic carbocycles. The summed E-state index contributed by atoms with van der Waals surface area (Å²) < 4.78 is 78.3. The van der Waals surface area contributed by atoms with Gasteiger partial charge in [-0.2, -0.15) is 26.3 Å². The van der Waals surface area contributed by atoms with E-state index < -0.39 is 23.5 Å². The van der Waals surface area contributed by atoms with Crippen LogP contribution in [0.25, 0.3) is 16.9 Å². The first-order valence-corrected chi connectivity index (χ1v) is 7.70. The Bertz CT molecular complexity index is 939. The van der Waals surface area contributed by atoms with Crippen molar-refractivity contribution in [3.8, 4) is 16.9 Å². The maximum Gasteiger partial charge on any atom is 0.416 e. The minimum atomic E-state index is -4.50. The Labute approximate surface area is 150 Å². The van der Waals surface area contributed by atoms with Gasteiger partial charge in [0.15, 0.2) is 0 Å². The van der Waals surface area contributed by atoms with Crippen LogP contribution in [0.1, 0.15) is 11.1 Å². The minimum absolute atomic E-state index is 0.220. The zero-order chi connectivity index (χ0) is 19.8. The van der Waals surface area contributed by atoms with E-state index in [-0.39, 0.29) is 5.69 Å². The number of nitrogens with zero attached hydrogens (tertiary/aromatic N) is 2. The van der Waals surface area contributed by atoms with E-state index in [9.17, 15) is 26.3 Å². The Morgan fingerprint density at radius 2 is 1.44 bits per heavy atom. The van der Waals surface area contributed by atoms with Crippen LogP contribution in [-0.4, -0.2) is 16.6 Å². The molecule has 0 saturated heterocycles. The van der Waals surface area contributed by atoms with E-state index in [0.717, 1.165) is 24.3 Å². The molecule has 0 saturated carbocycles. The van der Waals surface area contributed by atoms with Crippen LogP contribution in [0.3, 0.4) is 0 Å². The molecule has 0 bridgehead atoms. The highest BCUT2D eigenvalue weighted by molar-refractivity contribution is 5.65. The summed E-state index contributed by atoms with van der Waals surface area (Å²) in [6.45, 7) is 0.